The molecule has 0 bridgehead atoms. The van der Waals surface area contributed by atoms with Crippen LogP contribution in [0.1, 0.15) is 82.6 Å². The summed E-state index contributed by atoms with van der Waals surface area (Å²) >= 11 is 0. The van der Waals surface area contributed by atoms with Crippen molar-refractivity contribution >= 4 is 17.8 Å². The lowest BCUT2D eigenvalue weighted by Gasteiger charge is -2.31. The van der Waals surface area contributed by atoms with E-state index < -0.39 is 30.7 Å². The van der Waals surface area contributed by atoms with Crippen molar-refractivity contribution in [3.05, 3.63) is 18.0 Å². The second-order valence-corrected chi connectivity index (χ2v) is 9.81. The third kappa shape index (κ3) is 8.59. The number of carbonyl (C=O) groups excluding carboxylic acids is 3. The van der Waals surface area contributed by atoms with Crippen molar-refractivity contribution < 1.29 is 38.1 Å². The van der Waals surface area contributed by atoms with E-state index in [1.807, 2.05) is 6.92 Å². The van der Waals surface area contributed by atoms with Crippen molar-refractivity contribution in [2.45, 2.75) is 90.4 Å². The summed E-state index contributed by atoms with van der Waals surface area (Å²) in [7, 11) is 1.42. The molecule has 2 fully saturated rings. The molecule has 10 nitrogen and oxygen atoms in total. The number of rotatable bonds is 12. The number of esters is 2. The molecule has 1 aromatic rings. The van der Waals surface area contributed by atoms with Crippen LogP contribution in [0.3, 0.4) is 0 Å². The number of unbranched alkanes of at least 4 members (excludes halogenated alkanes) is 1. The van der Waals surface area contributed by atoms with E-state index in [1.165, 1.54) is 39.1 Å². The second kappa shape index (κ2) is 14.2. The van der Waals surface area contributed by atoms with Crippen LogP contribution in [0.2, 0.25) is 0 Å². The van der Waals surface area contributed by atoms with E-state index >= 15 is 0 Å². The van der Waals surface area contributed by atoms with Crippen molar-refractivity contribution in [2.24, 2.45) is 11.8 Å². The van der Waals surface area contributed by atoms with Gasteiger partial charge in [-0.3, -0.25) is 9.59 Å². The zero-order valence-corrected chi connectivity index (χ0v) is 22.3. The van der Waals surface area contributed by atoms with Gasteiger partial charge in [0.15, 0.2) is 17.2 Å². The van der Waals surface area contributed by atoms with Gasteiger partial charge in [-0.05, 0) is 51.4 Å². The van der Waals surface area contributed by atoms with Crippen molar-refractivity contribution in [3.8, 4) is 11.5 Å². The molecule has 37 heavy (non-hydrogen) atoms. The van der Waals surface area contributed by atoms with E-state index in [2.05, 4.69) is 17.2 Å². The number of hydrogen-bond donors (Lipinski definition) is 1. The summed E-state index contributed by atoms with van der Waals surface area (Å²) in [6.45, 7) is 5.65. The minimum Gasteiger partial charge on any atom is -0.493 e. The van der Waals surface area contributed by atoms with E-state index in [1.54, 1.807) is 0 Å². The summed E-state index contributed by atoms with van der Waals surface area (Å²) in [5.41, 5.74) is -0.0845. The van der Waals surface area contributed by atoms with E-state index in [0.717, 1.165) is 32.3 Å². The molecule has 1 aromatic heterocycles. The second-order valence-electron chi connectivity index (χ2n) is 9.81. The summed E-state index contributed by atoms with van der Waals surface area (Å²) < 4.78 is 27.8. The number of ether oxygens (including phenoxy) is 5. The number of cyclic esters (lactones) is 1. The summed E-state index contributed by atoms with van der Waals surface area (Å²) in [5.74, 6) is -0.609. The first-order valence-electron chi connectivity index (χ1n) is 13.3. The topological polar surface area (TPSA) is 122 Å². The van der Waals surface area contributed by atoms with Crippen LogP contribution in [-0.2, 0) is 23.8 Å². The van der Waals surface area contributed by atoms with Gasteiger partial charge in [0.05, 0.1) is 13.2 Å². The van der Waals surface area contributed by atoms with E-state index in [-0.39, 0.29) is 35.3 Å². The maximum absolute atomic E-state index is 13.2. The van der Waals surface area contributed by atoms with Crippen LogP contribution in [0.15, 0.2) is 12.3 Å². The lowest BCUT2D eigenvalue weighted by Crippen LogP contribution is -2.43. The molecule has 206 valence electrons. The first-order valence-corrected chi connectivity index (χ1v) is 13.3. The highest BCUT2D eigenvalue weighted by atomic mass is 16.7. The fourth-order valence-electron chi connectivity index (χ4n) is 4.54. The Kier molecular flexibility index (Phi) is 11.0. The van der Waals surface area contributed by atoms with Gasteiger partial charge in [0.2, 0.25) is 6.79 Å². The highest BCUT2D eigenvalue weighted by molar-refractivity contribution is 5.98. The quantitative estimate of drug-likeness (QED) is 0.324. The smallest absolute Gasteiger partial charge is 0.328 e. The molecule has 1 aliphatic heterocycles. The van der Waals surface area contributed by atoms with Gasteiger partial charge in [-0.15, -0.1) is 0 Å². The molecule has 10 heteroatoms. The number of methoxy groups -OCH3 is 1. The Morgan fingerprint density at radius 1 is 1.22 bits per heavy atom. The lowest BCUT2D eigenvalue weighted by molar-refractivity contribution is -0.156. The fourth-order valence-corrected chi connectivity index (χ4v) is 4.54. The van der Waals surface area contributed by atoms with Gasteiger partial charge in [0.25, 0.3) is 5.91 Å². The van der Waals surface area contributed by atoms with Crippen LogP contribution in [0, 0.1) is 11.8 Å². The number of aromatic nitrogens is 1. The third-order valence-corrected chi connectivity index (χ3v) is 6.86. The van der Waals surface area contributed by atoms with Gasteiger partial charge in [0.1, 0.15) is 12.1 Å². The standard InChI is InChI=1S/C27H40N2O8/c1-5-6-8-20-17(2)37-27(32)21(9-7-10-22(20)34-15-19-11-12-19)29-26(31)24-25(36-16-35-18(3)30)23(33-4)13-14-28-24/h13-14,17,19-22H,5-12,15-16H2,1-4H3,(H,29,31)/t17-,20-,21-,22-/m0/s1. The molecule has 0 unspecified atom stereocenters. The van der Waals surface area contributed by atoms with Crippen LogP contribution in [0.25, 0.3) is 0 Å². The van der Waals surface area contributed by atoms with Gasteiger partial charge >= 0.3 is 11.9 Å². The van der Waals surface area contributed by atoms with Crippen LogP contribution in [-0.4, -0.2) is 61.6 Å². The van der Waals surface area contributed by atoms with Crippen molar-refractivity contribution in [3.63, 3.8) is 0 Å². The molecule has 1 saturated carbocycles. The molecule has 2 heterocycles. The molecule has 0 aromatic carbocycles. The third-order valence-electron chi connectivity index (χ3n) is 6.86. The highest BCUT2D eigenvalue weighted by Crippen LogP contribution is 2.33. The van der Waals surface area contributed by atoms with Gasteiger partial charge in [-0.25, -0.2) is 9.78 Å². The van der Waals surface area contributed by atoms with Gasteiger partial charge in [-0.1, -0.05) is 19.8 Å². The van der Waals surface area contributed by atoms with Crippen LogP contribution < -0.4 is 14.8 Å². The predicted molar refractivity (Wildman–Crippen MR) is 134 cm³/mol. The largest absolute Gasteiger partial charge is 0.493 e. The zero-order valence-electron chi connectivity index (χ0n) is 22.3. The molecule has 1 saturated heterocycles. The zero-order chi connectivity index (χ0) is 26.8. The molecular weight excluding hydrogens is 480 g/mol. The minimum atomic E-state index is -0.849. The van der Waals surface area contributed by atoms with Crippen LogP contribution >= 0.6 is 0 Å². The van der Waals surface area contributed by atoms with E-state index in [0.29, 0.717) is 18.8 Å². The summed E-state index contributed by atoms with van der Waals surface area (Å²) in [4.78, 5) is 41.6. The maximum Gasteiger partial charge on any atom is 0.328 e. The minimum absolute atomic E-state index is 0.0155. The molecule has 0 radical (unpaired) electrons. The summed E-state index contributed by atoms with van der Waals surface area (Å²) in [5, 5.41) is 2.76. The number of nitrogens with zero attached hydrogens (tertiary/aromatic N) is 1. The van der Waals surface area contributed by atoms with Crippen LogP contribution in [0.4, 0.5) is 0 Å². The summed E-state index contributed by atoms with van der Waals surface area (Å²) in [6.07, 6.45) is 8.44. The van der Waals surface area contributed by atoms with Crippen molar-refractivity contribution in [2.75, 3.05) is 20.5 Å². The van der Waals surface area contributed by atoms with E-state index in [9.17, 15) is 14.4 Å². The normalized spacial score (nSPS) is 24.2. The number of pyridine rings is 1. The fraction of sp³-hybridized carbons (Fsp3) is 0.704. The highest BCUT2D eigenvalue weighted by Gasteiger charge is 2.36. The molecule has 4 atom stereocenters. The summed E-state index contributed by atoms with van der Waals surface area (Å²) in [6, 6.07) is 0.673. The average Bonchev–Trinajstić information content (AvgIpc) is 3.69. The Balaban J connectivity index is 1.72. The molecule has 1 amide bonds. The first kappa shape index (κ1) is 28.7. The molecule has 2 aliphatic rings. The molecule has 1 N–H and O–H groups in total. The molecular formula is C27H40N2O8. The molecule has 3 rings (SSSR count). The number of nitrogens with one attached hydrogen (secondary N) is 1. The molecule has 1 aliphatic carbocycles. The van der Waals surface area contributed by atoms with Crippen molar-refractivity contribution in [1.82, 2.24) is 10.3 Å². The SMILES string of the molecule is CCCC[C@H]1[C@H](C)OC(=O)[C@@H](NC(=O)c2nccc(OC)c2OCOC(C)=O)CCC[C@@H]1OCC1CC1. The van der Waals surface area contributed by atoms with Crippen LogP contribution in [0.5, 0.6) is 11.5 Å². The Bertz CT molecular complexity index is 920. The Morgan fingerprint density at radius 3 is 2.68 bits per heavy atom. The number of hydrogen-bond acceptors (Lipinski definition) is 9. The Hall–Kier alpha value is -2.88. The number of amides is 1. The number of carbonyl (C=O) groups is 3. The average molecular weight is 521 g/mol. The lowest BCUT2D eigenvalue weighted by atomic mass is 9.88. The molecule has 0 spiro atoms. The van der Waals surface area contributed by atoms with Gasteiger partial charge < -0.3 is 29.0 Å². The van der Waals surface area contributed by atoms with E-state index in [4.69, 9.17) is 23.7 Å². The Morgan fingerprint density at radius 2 is 2.00 bits per heavy atom. The Labute approximate surface area is 218 Å². The van der Waals surface area contributed by atoms with Crippen molar-refractivity contribution in [1.29, 1.82) is 0 Å². The van der Waals surface area contributed by atoms with Gasteiger partial charge in [0, 0.05) is 31.7 Å². The monoisotopic (exact) mass is 520 g/mol. The first-order chi connectivity index (χ1) is 17.8. The van der Waals surface area contributed by atoms with Gasteiger partial charge in [-0.2, -0.15) is 0 Å². The maximum atomic E-state index is 13.2. The predicted octanol–water partition coefficient (Wildman–Crippen LogP) is 3.81.